The number of rotatable bonds is 3. The molecule has 0 bridgehead atoms. The van der Waals surface area contributed by atoms with Crippen LogP contribution in [-0.4, -0.2) is 39.6 Å². The highest BCUT2D eigenvalue weighted by Crippen LogP contribution is 2.43. The fraction of sp³-hybridized carbons (Fsp3) is 0.400. The monoisotopic (exact) mass is 362 g/mol. The minimum Gasteiger partial charge on any atom is -0.261 e. The molecule has 26 heavy (non-hydrogen) atoms. The zero-order valence-electron chi connectivity index (χ0n) is 13.6. The van der Waals surface area contributed by atoms with Gasteiger partial charge in [0, 0.05) is 11.6 Å². The van der Waals surface area contributed by atoms with Crippen LogP contribution in [0.3, 0.4) is 0 Å². The largest absolute Gasteiger partial charge is 0.435 e. The Morgan fingerprint density at radius 3 is 2.81 bits per heavy atom. The van der Waals surface area contributed by atoms with Crippen molar-refractivity contribution >= 4 is 16.7 Å². The molecule has 4 aromatic rings. The predicted octanol–water partition coefficient (Wildman–Crippen LogP) is 2.70. The van der Waals surface area contributed by atoms with Gasteiger partial charge in [0.25, 0.3) is 0 Å². The van der Waals surface area contributed by atoms with E-state index in [0.717, 1.165) is 18.9 Å². The number of nitrogens with one attached hydrogen (secondary N) is 1. The highest BCUT2D eigenvalue weighted by molar-refractivity contribution is 5.87. The van der Waals surface area contributed by atoms with Crippen molar-refractivity contribution in [3.63, 3.8) is 0 Å². The van der Waals surface area contributed by atoms with Gasteiger partial charge in [-0.2, -0.15) is 23.4 Å². The van der Waals surface area contributed by atoms with E-state index < -0.39 is 17.9 Å². The van der Waals surface area contributed by atoms with Crippen molar-refractivity contribution < 1.29 is 13.2 Å². The van der Waals surface area contributed by atoms with Crippen molar-refractivity contribution in [3.05, 3.63) is 35.8 Å². The van der Waals surface area contributed by atoms with E-state index >= 15 is 0 Å². The first-order valence-corrected chi connectivity index (χ1v) is 8.13. The number of aromatic nitrogens is 8. The van der Waals surface area contributed by atoms with Gasteiger partial charge in [0.05, 0.1) is 11.6 Å². The zero-order chi connectivity index (χ0) is 18.1. The molecule has 0 aliphatic heterocycles. The lowest BCUT2D eigenvalue weighted by Gasteiger charge is -2.12. The first-order chi connectivity index (χ1) is 12.4. The average Bonchev–Trinajstić information content (AvgIpc) is 3.04. The second-order valence-electron chi connectivity index (χ2n) is 6.46. The zero-order valence-corrected chi connectivity index (χ0v) is 13.6. The molecule has 0 saturated heterocycles. The van der Waals surface area contributed by atoms with Crippen molar-refractivity contribution in [3.8, 4) is 0 Å². The topological polar surface area (TPSA) is 89.6 Å². The number of H-pyrrole nitrogens is 1. The summed E-state index contributed by atoms with van der Waals surface area (Å²) in [5, 5.41) is 15.5. The fourth-order valence-corrected chi connectivity index (χ4v) is 3.09. The summed E-state index contributed by atoms with van der Waals surface area (Å²) in [6, 6.07) is 0.600. The molecule has 8 nitrogen and oxygen atoms in total. The van der Waals surface area contributed by atoms with E-state index in [1.54, 1.807) is 13.1 Å². The molecule has 4 heterocycles. The summed E-state index contributed by atoms with van der Waals surface area (Å²) in [7, 11) is 0. The van der Waals surface area contributed by atoms with E-state index in [1.165, 1.54) is 15.5 Å². The number of hydrogen-bond donors (Lipinski definition) is 1. The predicted molar refractivity (Wildman–Crippen MR) is 83.5 cm³/mol. The lowest BCUT2D eigenvalue weighted by Crippen LogP contribution is -2.15. The third-order valence-electron chi connectivity index (χ3n) is 4.60. The van der Waals surface area contributed by atoms with E-state index in [9.17, 15) is 13.2 Å². The molecule has 0 radical (unpaired) electrons. The van der Waals surface area contributed by atoms with Gasteiger partial charge in [-0.15, -0.1) is 5.10 Å². The Balaban J connectivity index is 1.62. The number of nitrogens with zero attached hydrogens (tertiary/aromatic N) is 7. The molecule has 1 saturated carbocycles. The second-order valence-corrected chi connectivity index (χ2v) is 6.46. The van der Waals surface area contributed by atoms with Gasteiger partial charge in [-0.1, -0.05) is 0 Å². The van der Waals surface area contributed by atoms with Crippen molar-refractivity contribution in [2.24, 2.45) is 0 Å². The Morgan fingerprint density at radius 2 is 2.08 bits per heavy atom. The Bertz CT molecular complexity index is 1120. The van der Waals surface area contributed by atoms with Gasteiger partial charge in [-0.3, -0.25) is 9.78 Å². The molecule has 11 heteroatoms. The van der Waals surface area contributed by atoms with Crippen LogP contribution in [0, 0.1) is 0 Å². The molecule has 5 rings (SSSR count). The fourth-order valence-electron chi connectivity index (χ4n) is 3.09. The summed E-state index contributed by atoms with van der Waals surface area (Å²) in [4.78, 5) is 8.67. The molecule has 4 aromatic heterocycles. The standard InChI is InChI=1S/C15H13F3N8/c1-7(26-10(8-2-3-8)4-11(23-26)15(16,17)18)12-21-14-9-5-20-22-13(9)19-6-25(14)24-12/h4-8H,2-3H2,1H3,(H,20,22). The van der Waals surface area contributed by atoms with E-state index in [0.29, 0.717) is 28.2 Å². The average molecular weight is 362 g/mol. The normalized spacial score (nSPS) is 16.6. The number of hydrogen-bond acceptors (Lipinski definition) is 5. The van der Waals surface area contributed by atoms with Crippen molar-refractivity contribution in [1.82, 2.24) is 39.6 Å². The molecule has 0 aromatic carbocycles. The number of alkyl halides is 3. The number of halogens is 3. The summed E-state index contributed by atoms with van der Waals surface area (Å²) >= 11 is 0. The van der Waals surface area contributed by atoms with E-state index in [1.807, 2.05) is 0 Å². The van der Waals surface area contributed by atoms with Gasteiger partial charge in [0.1, 0.15) is 12.4 Å². The van der Waals surface area contributed by atoms with E-state index in [4.69, 9.17) is 0 Å². The van der Waals surface area contributed by atoms with Crippen LogP contribution >= 0.6 is 0 Å². The third-order valence-corrected chi connectivity index (χ3v) is 4.60. The molecule has 1 aliphatic rings. The highest BCUT2D eigenvalue weighted by Gasteiger charge is 2.39. The first kappa shape index (κ1) is 15.3. The minimum absolute atomic E-state index is 0.111. The van der Waals surface area contributed by atoms with Gasteiger partial charge in [0.2, 0.25) is 0 Å². The van der Waals surface area contributed by atoms with Crippen LogP contribution in [0.25, 0.3) is 16.7 Å². The molecule has 1 aliphatic carbocycles. The SMILES string of the molecule is CC(c1nc2c3cn[nH]c3ncn2n1)n1nc(C(F)(F)F)cc1C1CC1. The molecule has 0 spiro atoms. The van der Waals surface area contributed by atoms with Gasteiger partial charge < -0.3 is 0 Å². The molecule has 1 N–H and O–H groups in total. The maximum atomic E-state index is 13.1. The minimum atomic E-state index is -4.48. The maximum Gasteiger partial charge on any atom is 0.435 e. The summed E-state index contributed by atoms with van der Waals surface area (Å²) < 4.78 is 42.2. The Labute approximate surface area is 144 Å². The molecular formula is C15H13F3N8. The molecule has 1 atom stereocenters. The Hall–Kier alpha value is -2.98. The lowest BCUT2D eigenvalue weighted by molar-refractivity contribution is -0.141. The summed E-state index contributed by atoms with van der Waals surface area (Å²) in [5.74, 6) is 0.486. The van der Waals surface area contributed by atoms with Crippen LogP contribution in [0.5, 0.6) is 0 Å². The quantitative estimate of drug-likeness (QED) is 0.605. The molecule has 1 fully saturated rings. The first-order valence-electron chi connectivity index (χ1n) is 8.13. The molecule has 134 valence electrons. The van der Waals surface area contributed by atoms with Gasteiger partial charge in [-0.25, -0.2) is 14.5 Å². The van der Waals surface area contributed by atoms with Crippen LogP contribution in [0.15, 0.2) is 18.6 Å². The summed E-state index contributed by atoms with van der Waals surface area (Å²) in [6.07, 6.45) is 0.340. The number of aromatic amines is 1. The van der Waals surface area contributed by atoms with E-state index in [-0.39, 0.29) is 5.92 Å². The summed E-state index contributed by atoms with van der Waals surface area (Å²) in [5.41, 5.74) is 0.812. The molecule has 1 unspecified atom stereocenters. The van der Waals surface area contributed by atoms with Crippen LogP contribution in [0.4, 0.5) is 13.2 Å². The van der Waals surface area contributed by atoms with Gasteiger partial charge in [0.15, 0.2) is 22.8 Å². The van der Waals surface area contributed by atoms with Crippen LogP contribution in [-0.2, 0) is 6.18 Å². The molecular weight excluding hydrogens is 349 g/mol. The van der Waals surface area contributed by atoms with Gasteiger partial charge >= 0.3 is 6.18 Å². The summed E-state index contributed by atoms with van der Waals surface area (Å²) in [6.45, 7) is 1.74. The Morgan fingerprint density at radius 1 is 1.27 bits per heavy atom. The van der Waals surface area contributed by atoms with Crippen molar-refractivity contribution in [2.45, 2.75) is 37.9 Å². The highest BCUT2D eigenvalue weighted by atomic mass is 19.4. The smallest absolute Gasteiger partial charge is 0.261 e. The van der Waals surface area contributed by atoms with Crippen LogP contribution in [0.1, 0.15) is 48.9 Å². The Kier molecular flexibility index (Phi) is 2.95. The van der Waals surface area contributed by atoms with Crippen LogP contribution in [0.2, 0.25) is 0 Å². The van der Waals surface area contributed by atoms with Crippen molar-refractivity contribution in [1.29, 1.82) is 0 Å². The van der Waals surface area contributed by atoms with Crippen LogP contribution < -0.4 is 0 Å². The number of fused-ring (bicyclic) bond motifs is 3. The maximum absolute atomic E-state index is 13.1. The second kappa shape index (κ2) is 5.02. The van der Waals surface area contributed by atoms with Gasteiger partial charge in [-0.05, 0) is 25.8 Å². The van der Waals surface area contributed by atoms with Crippen molar-refractivity contribution in [2.75, 3.05) is 0 Å². The third kappa shape index (κ3) is 2.26. The lowest BCUT2D eigenvalue weighted by atomic mass is 10.2. The molecule has 0 amide bonds. The van der Waals surface area contributed by atoms with E-state index in [2.05, 4.69) is 30.4 Å².